The lowest BCUT2D eigenvalue weighted by atomic mass is 10.1. The lowest BCUT2D eigenvalue weighted by Crippen LogP contribution is -2.15. The Balaban J connectivity index is 2.49. The molecule has 3 nitrogen and oxygen atoms in total. The SMILES string of the molecule is CC(C)CC(C)Oc1cnc(CCl)cn1. The second kappa shape index (κ2) is 5.91. The maximum Gasteiger partial charge on any atom is 0.232 e. The highest BCUT2D eigenvalue weighted by Crippen LogP contribution is 2.12. The highest BCUT2D eigenvalue weighted by molar-refractivity contribution is 6.16. The van der Waals surface area contributed by atoms with Gasteiger partial charge in [0, 0.05) is 0 Å². The fourth-order valence-corrected chi connectivity index (χ4v) is 1.53. The number of ether oxygens (including phenoxy) is 1. The molecule has 0 N–H and O–H groups in total. The van der Waals surface area contributed by atoms with Crippen LogP contribution in [0.25, 0.3) is 0 Å². The smallest absolute Gasteiger partial charge is 0.232 e. The molecular formula is C11H17ClN2O. The van der Waals surface area contributed by atoms with E-state index < -0.39 is 0 Å². The molecule has 0 aliphatic heterocycles. The second-order valence-corrected chi connectivity index (χ2v) is 4.30. The van der Waals surface area contributed by atoms with Crippen LogP contribution in [0.5, 0.6) is 5.88 Å². The van der Waals surface area contributed by atoms with E-state index in [0.29, 0.717) is 17.7 Å². The molecule has 0 aliphatic rings. The third-order valence-corrected chi connectivity index (χ3v) is 2.22. The molecule has 1 aromatic heterocycles. The molecule has 0 bridgehead atoms. The van der Waals surface area contributed by atoms with Gasteiger partial charge in [-0.05, 0) is 19.3 Å². The van der Waals surface area contributed by atoms with E-state index in [0.717, 1.165) is 12.1 Å². The van der Waals surface area contributed by atoms with E-state index in [1.807, 2.05) is 6.92 Å². The van der Waals surface area contributed by atoms with E-state index >= 15 is 0 Å². The molecule has 0 saturated carbocycles. The van der Waals surface area contributed by atoms with Crippen LogP contribution in [0.15, 0.2) is 12.4 Å². The number of halogens is 1. The number of hydrogen-bond donors (Lipinski definition) is 0. The molecule has 0 aromatic carbocycles. The van der Waals surface area contributed by atoms with Gasteiger partial charge in [0.2, 0.25) is 5.88 Å². The fourth-order valence-electron chi connectivity index (χ4n) is 1.39. The Morgan fingerprint density at radius 2 is 2.00 bits per heavy atom. The van der Waals surface area contributed by atoms with Gasteiger partial charge in [0.25, 0.3) is 0 Å². The van der Waals surface area contributed by atoms with Crippen molar-refractivity contribution in [2.45, 2.75) is 39.2 Å². The Morgan fingerprint density at radius 3 is 2.47 bits per heavy atom. The molecule has 0 saturated heterocycles. The summed E-state index contributed by atoms with van der Waals surface area (Å²) >= 11 is 5.61. The molecular weight excluding hydrogens is 212 g/mol. The normalized spacial score (nSPS) is 12.9. The lowest BCUT2D eigenvalue weighted by molar-refractivity contribution is 0.185. The summed E-state index contributed by atoms with van der Waals surface area (Å²) in [6.07, 6.45) is 4.44. The molecule has 1 unspecified atom stereocenters. The number of nitrogens with zero attached hydrogens (tertiary/aromatic N) is 2. The van der Waals surface area contributed by atoms with E-state index in [4.69, 9.17) is 16.3 Å². The van der Waals surface area contributed by atoms with E-state index in [2.05, 4.69) is 23.8 Å². The summed E-state index contributed by atoms with van der Waals surface area (Å²) in [5.41, 5.74) is 0.764. The molecule has 1 rings (SSSR count). The first kappa shape index (κ1) is 12.2. The largest absolute Gasteiger partial charge is 0.474 e. The minimum Gasteiger partial charge on any atom is -0.474 e. The Morgan fingerprint density at radius 1 is 1.27 bits per heavy atom. The monoisotopic (exact) mass is 228 g/mol. The summed E-state index contributed by atoms with van der Waals surface area (Å²) in [5, 5.41) is 0. The standard InChI is InChI=1S/C11H17ClN2O/c1-8(2)4-9(3)15-11-7-13-10(5-12)6-14-11/h6-9H,4-5H2,1-3H3. The van der Waals surface area contributed by atoms with Crippen LogP contribution in [0, 0.1) is 5.92 Å². The van der Waals surface area contributed by atoms with Crippen LogP contribution in [0.2, 0.25) is 0 Å². The Bertz CT molecular complexity index is 287. The third-order valence-electron chi connectivity index (χ3n) is 1.94. The van der Waals surface area contributed by atoms with E-state index in [-0.39, 0.29) is 6.10 Å². The molecule has 1 heterocycles. The maximum atomic E-state index is 5.61. The highest BCUT2D eigenvalue weighted by Gasteiger charge is 2.07. The number of alkyl halides is 1. The van der Waals surface area contributed by atoms with Crippen LogP contribution in [-0.2, 0) is 5.88 Å². The van der Waals surface area contributed by atoms with E-state index in [1.165, 1.54) is 0 Å². The summed E-state index contributed by atoms with van der Waals surface area (Å²) in [6.45, 7) is 6.38. The van der Waals surface area contributed by atoms with Crippen LogP contribution in [0.4, 0.5) is 0 Å². The number of rotatable bonds is 5. The van der Waals surface area contributed by atoms with Gasteiger partial charge < -0.3 is 4.74 Å². The Kier molecular flexibility index (Phi) is 4.82. The van der Waals surface area contributed by atoms with Crippen LogP contribution in [0.1, 0.15) is 32.9 Å². The van der Waals surface area contributed by atoms with Crippen molar-refractivity contribution in [3.05, 3.63) is 18.1 Å². The molecule has 0 amide bonds. The fraction of sp³-hybridized carbons (Fsp3) is 0.636. The van der Waals surface area contributed by atoms with E-state index in [1.54, 1.807) is 12.4 Å². The molecule has 0 aliphatic carbocycles. The van der Waals surface area contributed by atoms with Gasteiger partial charge in [-0.1, -0.05) is 13.8 Å². The van der Waals surface area contributed by atoms with Crippen LogP contribution >= 0.6 is 11.6 Å². The van der Waals surface area contributed by atoms with Gasteiger partial charge >= 0.3 is 0 Å². The van der Waals surface area contributed by atoms with Crippen molar-refractivity contribution < 1.29 is 4.74 Å². The topological polar surface area (TPSA) is 35.0 Å². The van der Waals surface area contributed by atoms with Crippen molar-refractivity contribution in [3.8, 4) is 5.88 Å². The van der Waals surface area contributed by atoms with Gasteiger partial charge in [0.1, 0.15) is 0 Å². The molecule has 0 radical (unpaired) electrons. The lowest BCUT2D eigenvalue weighted by Gasteiger charge is -2.15. The zero-order valence-corrected chi connectivity index (χ0v) is 10.2. The van der Waals surface area contributed by atoms with Crippen molar-refractivity contribution in [3.63, 3.8) is 0 Å². The second-order valence-electron chi connectivity index (χ2n) is 4.04. The third kappa shape index (κ3) is 4.47. The van der Waals surface area contributed by atoms with E-state index in [9.17, 15) is 0 Å². The molecule has 84 valence electrons. The summed E-state index contributed by atoms with van der Waals surface area (Å²) in [4.78, 5) is 8.24. The zero-order valence-electron chi connectivity index (χ0n) is 9.40. The summed E-state index contributed by atoms with van der Waals surface area (Å²) < 4.78 is 5.61. The van der Waals surface area contributed by atoms with Crippen molar-refractivity contribution >= 4 is 11.6 Å². The molecule has 15 heavy (non-hydrogen) atoms. The van der Waals surface area contributed by atoms with Gasteiger partial charge in [-0.15, -0.1) is 11.6 Å². The van der Waals surface area contributed by atoms with Crippen LogP contribution in [0.3, 0.4) is 0 Å². The molecule has 4 heteroatoms. The van der Waals surface area contributed by atoms with Crippen molar-refractivity contribution in [2.75, 3.05) is 0 Å². The average molecular weight is 229 g/mol. The first-order valence-electron chi connectivity index (χ1n) is 5.15. The number of hydrogen-bond acceptors (Lipinski definition) is 3. The maximum absolute atomic E-state index is 5.61. The molecule has 0 spiro atoms. The van der Waals surface area contributed by atoms with Crippen molar-refractivity contribution in [1.29, 1.82) is 0 Å². The number of aromatic nitrogens is 2. The van der Waals surface area contributed by atoms with Gasteiger partial charge in [0.05, 0.1) is 30.1 Å². The zero-order chi connectivity index (χ0) is 11.3. The summed E-state index contributed by atoms with van der Waals surface area (Å²) in [6, 6.07) is 0. The summed E-state index contributed by atoms with van der Waals surface area (Å²) in [7, 11) is 0. The van der Waals surface area contributed by atoms with Crippen LogP contribution < -0.4 is 4.74 Å². The predicted octanol–water partition coefficient (Wildman–Crippen LogP) is 3.03. The summed E-state index contributed by atoms with van der Waals surface area (Å²) in [5.74, 6) is 1.57. The Labute approximate surface area is 95.8 Å². The average Bonchev–Trinajstić information content (AvgIpc) is 2.17. The van der Waals surface area contributed by atoms with Gasteiger partial charge in [-0.2, -0.15) is 0 Å². The molecule has 1 aromatic rings. The first-order valence-corrected chi connectivity index (χ1v) is 5.68. The first-order chi connectivity index (χ1) is 7.11. The van der Waals surface area contributed by atoms with Gasteiger partial charge in [-0.25, -0.2) is 4.98 Å². The van der Waals surface area contributed by atoms with Crippen LogP contribution in [-0.4, -0.2) is 16.1 Å². The molecule has 0 fully saturated rings. The van der Waals surface area contributed by atoms with Gasteiger partial charge in [0.15, 0.2) is 0 Å². The highest BCUT2D eigenvalue weighted by atomic mass is 35.5. The predicted molar refractivity (Wildman–Crippen MR) is 61.1 cm³/mol. The quantitative estimate of drug-likeness (QED) is 0.727. The minimum absolute atomic E-state index is 0.168. The van der Waals surface area contributed by atoms with Crippen molar-refractivity contribution in [1.82, 2.24) is 9.97 Å². The van der Waals surface area contributed by atoms with Gasteiger partial charge in [-0.3, -0.25) is 4.98 Å². The molecule has 1 atom stereocenters. The Hall–Kier alpha value is -0.830. The minimum atomic E-state index is 0.168. The van der Waals surface area contributed by atoms with Crippen molar-refractivity contribution in [2.24, 2.45) is 5.92 Å².